The average molecular weight is 371 g/mol. The van der Waals surface area contributed by atoms with E-state index in [9.17, 15) is 4.79 Å². The van der Waals surface area contributed by atoms with Gasteiger partial charge in [0.2, 0.25) is 0 Å². The van der Waals surface area contributed by atoms with E-state index >= 15 is 0 Å². The van der Waals surface area contributed by atoms with E-state index in [1.807, 2.05) is 0 Å². The molecule has 0 bridgehead atoms. The summed E-state index contributed by atoms with van der Waals surface area (Å²) in [5, 5.41) is 17.8. The highest BCUT2D eigenvalue weighted by Crippen LogP contribution is 2.10. The molecule has 0 aromatic carbocycles. The summed E-state index contributed by atoms with van der Waals surface area (Å²) in [7, 11) is 0. The van der Waals surface area contributed by atoms with Gasteiger partial charge < -0.3 is 14.9 Å². The van der Waals surface area contributed by atoms with Crippen LogP contribution in [-0.4, -0.2) is 36.0 Å². The summed E-state index contributed by atoms with van der Waals surface area (Å²) in [4.78, 5) is 11.5. The second-order valence-corrected chi connectivity index (χ2v) is 7.25. The zero-order valence-corrected chi connectivity index (χ0v) is 17.0. The maximum Gasteiger partial charge on any atom is 0.305 e. The molecule has 0 atom stereocenters. The SMILES string of the molecule is CCCCCCCC/C=C\CCCCCCCC(=O)OCC(CO)CO. The Morgan fingerprint density at radius 3 is 1.85 bits per heavy atom. The zero-order chi connectivity index (χ0) is 19.3. The lowest BCUT2D eigenvalue weighted by molar-refractivity contribution is -0.146. The highest BCUT2D eigenvalue weighted by atomic mass is 16.5. The topological polar surface area (TPSA) is 66.8 Å². The summed E-state index contributed by atoms with van der Waals surface area (Å²) in [6, 6.07) is 0. The fraction of sp³-hybridized carbons (Fsp3) is 0.864. The molecule has 0 saturated carbocycles. The molecule has 0 aliphatic heterocycles. The normalized spacial score (nSPS) is 11.5. The van der Waals surface area contributed by atoms with Crippen molar-refractivity contribution in [3.63, 3.8) is 0 Å². The van der Waals surface area contributed by atoms with Crippen molar-refractivity contribution in [2.24, 2.45) is 5.92 Å². The van der Waals surface area contributed by atoms with Crippen LogP contribution in [-0.2, 0) is 9.53 Å². The predicted molar refractivity (Wildman–Crippen MR) is 108 cm³/mol. The molecular formula is C22H42O4. The Balaban J connectivity index is 3.28. The first-order chi connectivity index (χ1) is 12.7. The molecule has 0 radical (unpaired) electrons. The van der Waals surface area contributed by atoms with Crippen LogP contribution in [0.1, 0.15) is 96.8 Å². The van der Waals surface area contributed by atoms with E-state index in [-0.39, 0.29) is 31.7 Å². The van der Waals surface area contributed by atoms with Crippen LogP contribution < -0.4 is 0 Å². The minimum atomic E-state index is -0.354. The van der Waals surface area contributed by atoms with Gasteiger partial charge in [0.05, 0.1) is 19.8 Å². The minimum absolute atomic E-state index is 0.108. The largest absolute Gasteiger partial charge is 0.465 e. The standard InChI is InChI=1S/C22H42O4/c1-2-3-4-5-6-7-8-9-10-11-12-13-14-15-16-17-22(25)26-20-21(18-23)19-24/h9-10,21,23-24H,2-8,11-20H2,1H3/b10-9-. The molecular weight excluding hydrogens is 328 g/mol. The van der Waals surface area contributed by atoms with Crippen molar-refractivity contribution in [1.29, 1.82) is 0 Å². The number of aliphatic hydroxyl groups is 2. The number of ether oxygens (including phenoxy) is 1. The van der Waals surface area contributed by atoms with Crippen LogP contribution in [0.4, 0.5) is 0 Å². The van der Waals surface area contributed by atoms with E-state index in [4.69, 9.17) is 14.9 Å². The number of hydrogen-bond donors (Lipinski definition) is 2. The molecule has 0 aromatic heterocycles. The molecule has 26 heavy (non-hydrogen) atoms. The van der Waals surface area contributed by atoms with Crippen molar-refractivity contribution in [2.45, 2.75) is 96.8 Å². The van der Waals surface area contributed by atoms with Crippen LogP contribution in [0.25, 0.3) is 0 Å². The molecule has 0 aromatic rings. The monoisotopic (exact) mass is 370 g/mol. The Kier molecular flexibility index (Phi) is 19.8. The van der Waals surface area contributed by atoms with Gasteiger partial charge in [-0.2, -0.15) is 0 Å². The number of hydrogen-bond acceptors (Lipinski definition) is 4. The highest BCUT2D eigenvalue weighted by molar-refractivity contribution is 5.69. The molecule has 0 heterocycles. The van der Waals surface area contributed by atoms with Crippen molar-refractivity contribution in [3.05, 3.63) is 12.2 Å². The first-order valence-corrected chi connectivity index (χ1v) is 10.8. The van der Waals surface area contributed by atoms with Crippen LogP contribution in [0.15, 0.2) is 12.2 Å². The lowest BCUT2D eigenvalue weighted by atomic mass is 10.1. The van der Waals surface area contributed by atoms with E-state index in [1.54, 1.807) is 0 Å². The molecule has 4 heteroatoms. The summed E-state index contributed by atoms with van der Waals surface area (Å²) in [5.41, 5.74) is 0. The van der Waals surface area contributed by atoms with Gasteiger partial charge in [0.15, 0.2) is 0 Å². The highest BCUT2D eigenvalue weighted by Gasteiger charge is 2.09. The van der Waals surface area contributed by atoms with Crippen LogP contribution in [0.5, 0.6) is 0 Å². The molecule has 4 nitrogen and oxygen atoms in total. The van der Waals surface area contributed by atoms with Crippen LogP contribution in [0.2, 0.25) is 0 Å². The second kappa shape index (κ2) is 20.4. The third-order valence-electron chi connectivity index (χ3n) is 4.64. The molecule has 0 fully saturated rings. The fourth-order valence-electron chi connectivity index (χ4n) is 2.79. The Morgan fingerprint density at radius 2 is 1.31 bits per heavy atom. The lowest BCUT2D eigenvalue weighted by Crippen LogP contribution is -2.20. The van der Waals surface area contributed by atoms with Gasteiger partial charge in [-0.3, -0.25) is 4.79 Å². The molecule has 0 amide bonds. The Morgan fingerprint density at radius 1 is 0.808 bits per heavy atom. The van der Waals surface area contributed by atoms with Gasteiger partial charge in [0.25, 0.3) is 0 Å². The molecule has 0 aliphatic carbocycles. The summed E-state index contributed by atoms with van der Waals surface area (Å²) in [6.45, 7) is 2.05. The lowest BCUT2D eigenvalue weighted by Gasteiger charge is -2.11. The second-order valence-electron chi connectivity index (χ2n) is 7.25. The van der Waals surface area contributed by atoms with Crippen LogP contribution >= 0.6 is 0 Å². The first-order valence-electron chi connectivity index (χ1n) is 10.8. The van der Waals surface area contributed by atoms with Crippen molar-refractivity contribution in [2.75, 3.05) is 19.8 Å². The Bertz CT molecular complexity index is 324. The van der Waals surface area contributed by atoms with E-state index < -0.39 is 0 Å². The number of rotatable bonds is 19. The van der Waals surface area contributed by atoms with Gasteiger partial charge in [-0.15, -0.1) is 0 Å². The summed E-state index contributed by atoms with van der Waals surface area (Å²) >= 11 is 0. The van der Waals surface area contributed by atoms with Crippen LogP contribution in [0, 0.1) is 5.92 Å². The summed E-state index contributed by atoms with van der Waals surface area (Å²) < 4.78 is 5.04. The zero-order valence-electron chi connectivity index (χ0n) is 17.0. The number of unbranched alkanes of at least 4 members (excludes halogenated alkanes) is 11. The molecule has 0 rings (SSSR count). The predicted octanol–water partition coefficient (Wildman–Crippen LogP) is 5.17. The van der Waals surface area contributed by atoms with Gasteiger partial charge in [-0.05, 0) is 32.1 Å². The molecule has 0 saturated heterocycles. The quantitative estimate of drug-likeness (QED) is 0.187. The van der Waals surface area contributed by atoms with Crippen molar-refractivity contribution in [1.82, 2.24) is 0 Å². The average Bonchev–Trinajstić information content (AvgIpc) is 2.65. The number of carbonyl (C=O) groups excluding carboxylic acids is 1. The third kappa shape index (κ3) is 17.9. The van der Waals surface area contributed by atoms with E-state index in [2.05, 4.69) is 19.1 Å². The fourth-order valence-corrected chi connectivity index (χ4v) is 2.79. The Labute approximate surface area is 161 Å². The third-order valence-corrected chi connectivity index (χ3v) is 4.64. The van der Waals surface area contributed by atoms with E-state index in [0.717, 1.165) is 19.3 Å². The molecule has 154 valence electrons. The number of esters is 1. The Hall–Kier alpha value is -0.870. The number of aliphatic hydroxyl groups excluding tert-OH is 2. The van der Waals surface area contributed by atoms with E-state index in [0.29, 0.717) is 6.42 Å². The maximum absolute atomic E-state index is 11.5. The molecule has 2 N–H and O–H groups in total. The maximum atomic E-state index is 11.5. The molecule has 0 aliphatic rings. The van der Waals surface area contributed by atoms with Gasteiger partial charge in [0, 0.05) is 12.3 Å². The minimum Gasteiger partial charge on any atom is -0.465 e. The first kappa shape index (κ1) is 25.1. The summed E-state index contributed by atoms with van der Waals surface area (Å²) in [5.74, 6) is -0.581. The summed E-state index contributed by atoms with van der Waals surface area (Å²) in [6.07, 6.45) is 21.2. The van der Waals surface area contributed by atoms with Crippen molar-refractivity contribution < 1.29 is 19.7 Å². The van der Waals surface area contributed by atoms with E-state index in [1.165, 1.54) is 64.2 Å². The molecule has 0 spiro atoms. The van der Waals surface area contributed by atoms with Crippen molar-refractivity contribution in [3.8, 4) is 0 Å². The van der Waals surface area contributed by atoms with Gasteiger partial charge in [-0.25, -0.2) is 0 Å². The number of carbonyl (C=O) groups is 1. The van der Waals surface area contributed by atoms with Crippen LogP contribution in [0.3, 0.4) is 0 Å². The van der Waals surface area contributed by atoms with Crippen molar-refractivity contribution >= 4 is 5.97 Å². The number of allylic oxidation sites excluding steroid dienone is 2. The van der Waals surface area contributed by atoms with Gasteiger partial charge in [-0.1, -0.05) is 70.4 Å². The van der Waals surface area contributed by atoms with Gasteiger partial charge in [0.1, 0.15) is 0 Å². The smallest absolute Gasteiger partial charge is 0.305 e. The molecule has 0 unspecified atom stereocenters. The van der Waals surface area contributed by atoms with Gasteiger partial charge >= 0.3 is 5.97 Å².